The molecular weight excluding hydrogens is 372 g/mol. The fourth-order valence-corrected chi connectivity index (χ4v) is 3.25. The molecule has 0 aromatic heterocycles. The molecule has 0 aliphatic heterocycles. The number of carbonyl (C=O) groups is 1. The maximum Gasteiger partial charge on any atom is 0.251 e. The van der Waals surface area contributed by atoms with Crippen LogP contribution in [0.4, 0.5) is 0 Å². The van der Waals surface area contributed by atoms with Crippen molar-refractivity contribution in [3.05, 3.63) is 47.5 Å². The maximum atomic E-state index is 12.5. The lowest BCUT2D eigenvalue weighted by Crippen LogP contribution is -2.27. The van der Waals surface area contributed by atoms with Gasteiger partial charge in [-0.05, 0) is 42.8 Å². The fourth-order valence-electron chi connectivity index (χ4n) is 2.53. The van der Waals surface area contributed by atoms with Crippen LogP contribution in [0.25, 0.3) is 0 Å². The summed E-state index contributed by atoms with van der Waals surface area (Å²) in [6.45, 7) is 1.79. The van der Waals surface area contributed by atoms with Gasteiger partial charge in [0.1, 0.15) is 10.6 Å². The molecule has 0 radical (unpaired) electrons. The van der Waals surface area contributed by atoms with E-state index >= 15 is 0 Å². The number of hydrogen-bond donors (Lipinski definition) is 2. The van der Waals surface area contributed by atoms with Crippen molar-refractivity contribution in [1.29, 1.82) is 0 Å². The highest BCUT2D eigenvalue weighted by Crippen LogP contribution is 2.30. The summed E-state index contributed by atoms with van der Waals surface area (Å²) in [5, 5.41) is 7.99. The van der Waals surface area contributed by atoms with E-state index in [0.717, 1.165) is 5.56 Å². The highest BCUT2D eigenvalue weighted by atomic mass is 32.2. The zero-order chi connectivity index (χ0) is 20.2. The number of rotatable bonds is 7. The molecule has 3 N–H and O–H groups in total. The fraction of sp³-hybridized carbons (Fsp3) is 0.278. The number of nitrogens with two attached hydrogens (primary N) is 1. The third-order valence-electron chi connectivity index (χ3n) is 3.99. The van der Waals surface area contributed by atoms with E-state index in [1.165, 1.54) is 39.5 Å². The van der Waals surface area contributed by atoms with Gasteiger partial charge in [-0.25, -0.2) is 13.6 Å². The Hall–Kier alpha value is -2.78. The van der Waals surface area contributed by atoms with Crippen molar-refractivity contribution in [3.63, 3.8) is 0 Å². The number of hydrogen-bond acceptors (Lipinski definition) is 6. The van der Waals surface area contributed by atoms with E-state index in [1.807, 2.05) is 0 Å². The van der Waals surface area contributed by atoms with Crippen molar-refractivity contribution in [3.8, 4) is 17.2 Å². The number of methoxy groups -OCH3 is 3. The predicted octanol–water partition coefficient (Wildman–Crippen LogP) is 1.85. The second-order valence-electron chi connectivity index (χ2n) is 5.72. The molecule has 0 aliphatic rings. The van der Waals surface area contributed by atoms with Gasteiger partial charge in [-0.15, -0.1) is 0 Å². The van der Waals surface area contributed by atoms with Gasteiger partial charge < -0.3 is 19.5 Å². The summed E-state index contributed by atoms with van der Waals surface area (Å²) in [6.07, 6.45) is 0. The number of amides is 1. The van der Waals surface area contributed by atoms with Gasteiger partial charge in [0, 0.05) is 5.56 Å². The third kappa shape index (κ3) is 4.69. The summed E-state index contributed by atoms with van der Waals surface area (Å²) in [5.74, 6) is 0.733. The van der Waals surface area contributed by atoms with Crippen LogP contribution in [-0.2, 0) is 10.0 Å². The minimum atomic E-state index is -4.03. The van der Waals surface area contributed by atoms with E-state index in [1.54, 1.807) is 25.1 Å². The van der Waals surface area contributed by atoms with Crippen LogP contribution in [0.1, 0.15) is 28.9 Å². The standard InChI is InChI=1S/C18H22N2O6S/c1-11(12-5-7-14(24-2)16(9-12)26-4)20-18(21)13-6-8-15(25-3)17(10-13)27(19,22)23/h5-11H,1-4H3,(H,20,21)(H2,19,22,23)/t11-/m0/s1. The molecule has 0 saturated heterocycles. The van der Waals surface area contributed by atoms with Gasteiger partial charge >= 0.3 is 0 Å². The van der Waals surface area contributed by atoms with E-state index < -0.39 is 15.9 Å². The molecule has 9 heteroatoms. The maximum absolute atomic E-state index is 12.5. The lowest BCUT2D eigenvalue weighted by Gasteiger charge is -2.17. The van der Waals surface area contributed by atoms with Crippen molar-refractivity contribution in [2.75, 3.05) is 21.3 Å². The summed E-state index contributed by atoms with van der Waals surface area (Å²) in [4.78, 5) is 12.3. The van der Waals surface area contributed by atoms with Crippen molar-refractivity contribution < 1.29 is 27.4 Å². The summed E-state index contributed by atoms with van der Waals surface area (Å²) in [7, 11) is 0.350. The van der Waals surface area contributed by atoms with Gasteiger partial charge in [-0.3, -0.25) is 4.79 Å². The highest BCUT2D eigenvalue weighted by molar-refractivity contribution is 7.89. The zero-order valence-corrected chi connectivity index (χ0v) is 16.3. The normalized spacial score (nSPS) is 12.2. The van der Waals surface area contributed by atoms with E-state index in [-0.39, 0.29) is 22.3 Å². The van der Waals surface area contributed by atoms with Crippen LogP contribution in [0.15, 0.2) is 41.3 Å². The Morgan fingerprint density at radius 1 is 0.963 bits per heavy atom. The molecule has 1 amide bonds. The highest BCUT2D eigenvalue weighted by Gasteiger charge is 2.19. The summed E-state index contributed by atoms with van der Waals surface area (Å²) in [5.41, 5.74) is 0.938. The molecule has 1 atom stereocenters. The van der Waals surface area contributed by atoms with E-state index in [2.05, 4.69) is 5.32 Å². The van der Waals surface area contributed by atoms with Gasteiger partial charge in [0.2, 0.25) is 10.0 Å². The number of carbonyl (C=O) groups excluding carboxylic acids is 1. The lowest BCUT2D eigenvalue weighted by molar-refractivity contribution is 0.0939. The van der Waals surface area contributed by atoms with Gasteiger partial charge in [0.05, 0.1) is 27.4 Å². The Labute approximate surface area is 158 Å². The molecule has 2 aromatic carbocycles. The largest absolute Gasteiger partial charge is 0.495 e. The number of sulfonamides is 1. The summed E-state index contributed by atoms with van der Waals surface area (Å²) >= 11 is 0. The molecule has 8 nitrogen and oxygen atoms in total. The zero-order valence-electron chi connectivity index (χ0n) is 15.5. The molecule has 0 spiro atoms. The van der Waals surface area contributed by atoms with Crippen LogP contribution in [0.3, 0.4) is 0 Å². The second kappa shape index (κ2) is 8.28. The molecule has 0 heterocycles. The van der Waals surface area contributed by atoms with Crippen molar-refractivity contribution in [2.24, 2.45) is 5.14 Å². The number of ether oxygens (including phenoxy) is 3. The average molecular weight is 394 g/mol. The molecule has 27 heavy (non-hydrogen) atoms. The first-order chi connectivity index (χ1) is 12.7. The topological polar surface area (TPSA) is 117 Å². The Kier molecular flexibility index (Phi) is 6.29. The van der Waals surface area contributed by atoms with Crippen LogP contribution in [0.5, 0.6) is 17.2 Å². The molecule has 0 aliphatic carbocycles. The minimum Gasteiger partial charge on any atom is -0.495 e. The quantitative estimate of drug-likeness (QED) is 0.740. The first-order valence-electron chi connectivity index (χ1n) is 7.95. The van der Waals surface area contributed by atoms with E-state index in [0.29, 0.717) is 11.5 Å². The first kappa shape index (κ1) is 20.5. The Bertz CT molecular complexity index is 943. The molecule has 0 fully saturated rings. The van der Waals surface area contributed by atoms with Crippen LogP contribution < -0.4 is 24.7 Å². The van der Waals surface area contributed by atoms with Crippen LogP contribution in [0.2, 0.25) is 0 Å². The Morgan fingerprint density at radius 2 is 1.56 bits per heavy atom. The second-order valence-corrected chi connectivity index (χ2v) is 7.25. The van der Waals surface area contributed by atoms with E-state index in [9.17, 15) is 13.2 Å². The van der Waals surface area contributed by atoms with Crippen LogP contribution in [-0.4, -0.2) is 35.7 Å². The van der Waals surface area contributed by atoms with Crippen molar-refractivity contribution >= 4 is 15.9 Å². The van der Waals surface area contributed by atoms with E-state index in [4.69, 9.17) is 19.3 Å². The molecule has 0 bridgehead atoms. The molecule has 0 unspecified atom stereocenters. The third-order valence-corrected chi connectivity index (χ3v) is 4.92. The number of nitrogens with one attached hydrogen (secondary N) is 1. The molecule has 146 valence electrons. The number of benzene rings is 2. The molecule has 0 saturated carbocycles. The van der Waals surface area contributed by atoms with Crippen LogP contribution >= 0.6 is 0 Å². The van der Waals surface area contributed by atoms with Crippen LogP contribution in [0, 0.1) is 0 Å². The summed E-state index contributed by atoms with van der Waals surface area (Å²) < 4.78 is 38.9. The van der Waals surface area contributed by atoms with Gasteiger partial charge in [0.15, 0.2) is 11.5 Å². The Morgan fingerprint density at radius 3 is 2.11 bits per heavy atom. The van der Waals surface area contributed by atoms with Crippen molar-refractivity contribution in [1.82, 2.24) is 5.32 Å². The molecule has 2 aromatic rings. The molecule has 2 rings (SSSR count). The predicted molar refractivity (Wildman–Crippen MR) is 99.8 cm³/mol. The van der Waals surface area contributed by atoms with Gasteiger partial charge in [0.25, 0.3) is 5.91 Å². The smallest absolute Gasteiger partial charge is 0.251 e. The van der Waals surface area contributed by atoms with Crippen molar-refractivity contribution in [2.45, 2.75) is 17.9 Å². The monoisotopic (exact) mass is 394 g/mol. The lowest BCUT2D eigenvalue weighted by atomic mass is 10.1. The SMILES string of the molecule is COc1ccc([C@H](C)NC(=O)c2ccc(OC)c(S(N)(=O)=O)c2)cc1OC. The minimum absolute atomic E-state index is 0.0713. The summed E-state index contributed by atoms with van der Waals surface area (Å²) in [6, 6.07) is 8.97. The Balaban J connectivity index is 2.27. The number of primary sulfonamides is 1. The molecular formula is C18H22N2O6S. The van der Waals surface area contributed by atoms with Gasteiger partial charge in [-0.2, -0.15) is 0 Å². The van der Waals surface area contributed by atoms with Gasteiger partial charge in [-0.1, -0.05) is 6.07 Å². The first-order valence-corrected chi connectivity index (χ1v) is 9.49. The average Bonchev–Trinajstić information content (AvgIpc) is 2.65.